The van der Waals surface area contributed by atoms with Crippen molar-refractivity contribution in [3.05, 3.63) is 83.9 Å². The molecule has 0 saturated carbocycles. The molecule has 0 heterocycles. The van der Waals surface area contributed by atoms with E-state index in [0.717, 1.165) is 5.56 Å². The molecule has 5 nitrogen and oxygen atoms in total. The number of allylic oxidation sites excluding steroid dienone is 1. The first-order valence-electron chi connectivity index (χ1n) is 8.84. The predicted molar refractivity (Wildman–Crippen MR) is 106 cm³/mol. The van der Waals surface area contributed by atoms with Gasteiger partial charge in [-0.15, -0.1) is 0 Å². The number of benzene rings is 2. The average molecular weight is 391 g/mol. The van der Waals surface area contributed by atoms with Gasteiger partial charge in [0, 0.05) is 0 Å². The normalized spacial score (nSPS) is 13.1. The molecule has 0 radical (unpaired) electrons. The first-order valence-corrected chi connectivity index (χ1v) is 10.4. The predicted octanol–water partition coefficient (Wildman–Crippen LogP) is 3.71. The van der Waals surface area contributed by atoms with Crippen molar-refractivity contribution in [1.82, 2.24) is 0 Å². The van der Waals surface area contributed by atoms with Crippen LogP contribution in [0.1, 0.15) is 18.1 Å². The van der Waals surface area contributed by atoms with E-state index in [0.29, 0.717) is 18.8 Å². The van der Waals surface area contributed by atoms with Crippen LogP contribution in [0.15, 0.2) is 72.8 Å². The number of rotatable bonds is 12. The molecule has 0 aliphatic rings. The van der Waals surface area contributed by atoms with Gasteiger partial charge in [0.05, 0.1) is 26.4 Å². The molecule has 27 heavy (non-hydrogen) atoms. The minimum atomic E-state index is -3.69. The molecule has 2 aromatic carbocycles. The van der Waals surface area contributed by atoms with Gasteiger partial charge in [-0.2, -0.15) is 8.42 Å². The zero-order chi connectivity index (χ0) is 19.4. The van der Waals surface area contributed by atoms with Crippen molar-refractivity contribution < 1.29 is 22.1 Å². The average Bonchev–Trinajstić information content (AvgIpc) is 2.67. The molecular formula is C21H26O5S. The third-order valence-corrected chi connectivity index (χ3v) is 4.88. The Hall–Kier alpha value is -1.99. The van der Waals surface area contributed by atoms with E-state index in [1.54, 1.807) is 24.3 Å². The minimum absolute atomic E-state index is 0.0818. The Morgan fingerprint density at radius 1 is 0.926 bits per heavy atom. The van der Waals surface area contributed by atoms with E-state index >= 15 is 0 Å². The summed E-state index contributed by atoms with van der Waals surface area (Å²) < 4.78 is 40.9. The molecule has 146 valence electrons. The van der Waals surface area contributed by atoms with Crippen molar-refractivity contribution >= 4 is 10.1 Å². The van der Waals surface area contributed by atoms with E-state index in [-0.39, 0.29) is 19.0 Å². The fraction of sp³-hybridized carbons (Fsp3) is 0.333. The fourth-order valence-electron chi connectivity index (χ4n) is 2.31. The standard InChI is InChI=1S/C21H26O5S/c1-2-3-14-25-21(16-24-15-19-10-6-4-7-11-19)17-26-27(22,23)18-20-12-8-5-9-13-20/h2-13,21H,14-18H2,1H3/b3-2+/t21-/m1/s1. The lowest BCUT2D eigenvalue weighted by Crippen LogP contribution is -2.28. The van der Waals surface area contributed by atoms with Gasteiger partial charge in [0.25, 0.3) is 10.1 Å². The first kappa shape index (κ1) is 21.3. The molecular weight excluding hydrogens is 364 g/mol. The summed E-state index contributed by atoms with van der Waals surface area (Å²) in [6.07, 6.45) is 3.24. The Morgan fingerprint density at radius 2 is 1.56 bits per heavy atom. The van der Waals surface area contributed by atoms with E-state index in [1.807, 2.05) is 55.5 Å². The summed E-state index contributed by atoms with van der Waals surface area (Å²) in [5.41, 5.74) is 1.73. The summed E-state index contributed by atoms with van der Waals surface area (Å²) in [4.78, 5) is 0. The van der Waals surface area contributed by atoms with Gasteiger partial charge in [0.2, 0.25) is 0 Å². The molecule has 0 aliphatic carbocycles. The van der Waals surface area contributed by atoms with Crippen LogP contribution in [-0.4, -0.2) is 34.3 Å². The summed E-state index contributed by atoms with van der Waals surface area (Å²) in [5, 5.41) is 0. The third kappa shape index (κ3) is 8.97. The first-order chi connectivity index (χ1) is 13.1. The van der Waals surface area contributed by atoms with Crippen molar-refractivity contribution in [3.8, 4) is 0 Å². The highest BCUT2D eigenvalue weighted by Gasteiger charge is 2.17. The van der Waals surface area contributed by atoms with Crippen LogP contribution in [0, 0.1) is 0 Å². The molecule has 0 spiro atoms. The maximum Gasteiger partial charge on any atom is 0.271 e. The van der Waals surface area contributed by atoms with E-state index in [2.05, 4.69) is 0 Å². The highest BCUT2D eigenvalue weighted by molar-refractivity contribution is 7.85. The Balaban J connectivity index is 1.84. The van der Waals surface area contributed by atoms with Gasteiger partial charge in [-0.05, 0) is 18.1 Å². The second-order valence-electron chi connectivity index (χ2n) is 6.00. The Labute approximate surface area is 161 Å². The van der Waals surface area contributed by atoms with Crippen LogP contribution in [0.3, 0.4) is 0 Å². The third-order valence-electron chi connectivity index (χ3n) is 3.70. The molecule has 0 N–H and O–H groups in total. The molecule has 0 unspecified atom stereocenters. The van der Waals surface area contributed by atoms with Crippen molar-refractivity contribution in [3.63, 3.8) is 0 Å². The second-order valence-corrected chi connectivity index (χ2v) is 7.64. The van der Waals surface area contributed by atoms with Gasteiger partial charge in [-0.3, -0.25) is 4.18 Å². The van der Waals surface area contributed by atoms with Crippen molar-refractivity contribution in [2.75, 3.05) is 19.8 Å². The van der Waals surface area contributed by atoms with Crippen LogP contribution < -0.4 is 0 Å². The SMILES string of the molecule is C/C=C/CO[C@H](COCc1ccccc1)COS(=O)(=O)Cc1ccccc1. The lowest BCUT2D eigenvalue weighted by atomic mass is 10.2. The van der Waals surface area contributed by atoms with E-state index in [9.17, 15) is 8.42 Å². The summed E-state index contributed by atoms with van der Waals surface area (Å²) in [6, 6.07) is 18.7. The molecule has 2 aromatic rings. The van der Waals surface area contributed by atoms with Crippen LogP contribution >= 0.6 is 0 Å². The van der Waals surface area contributed by atoms with Crippen LogP contribution in [0.2, 0.25) is 0 Å². The molecule has 0 amide bonds. The van der Waals surface area contributed by atoms with Crippen LogP contribution in [0.4, 0.5) is 0 Å². The Bertz CT molecular complexity index is 773. The summed E-state index contributed by atoms with van der Waals surface area (Å²) >= 11 is 0. The topological polar surface area (TPSA) is 61.8 Å². The smallest absolute Gasteiger partial charge is 0.271 e. The Morgan fingerprint density at radius 3 is 2.19 bits per heavy atom. The maximum atomic E-state index is 12.2. The van der Waals surface area contributed by atoms with Crippen LogP contribution in [0.25, 0.3) is 0 Å². The van der Waals surface area contributed by atoms with E-state index < -0.39 is 16.2 Å². The van der Waals surface area contributed by atoms with E-state index in [4.69, 9.17) is 13.7 Å². The molecule has 6 heteroatoms. The fourth-order valence-corrected chi connectivity index (χ4v) is 3.36. The Kier molecular flexibility index (Phi) is 9.21. The zero-order valence-corrected chi connectivity index (χ0v) is 16.3. The van der Waals surface area contributed by atoms with Crippen LogP contribution in [0.5, 0.6) is 0 Å². The van der Waals surface area contributed by atoms with Gasteiger partial charge >= 0.3 is 0 Å². The van der Waals surface area contributed by atoms with Gasteiger partial charge in [-0.25, -0.2) is 0 Å². The summed E-state index contributed by atoms with van der Waals surface area (Å²) in [5.74, 6) is -0.166. The lowest BCUT2D eigenvalue weighted by Gasteiger charge is -2.17. The molecule has 2 rings (SSSR count). The van der Waals surface area contributed by atoms with Crippen molar-refractivity contribution in [2.24, 2.45) is 0 Å². The number of hydrogen-bond acceptors (Lipinski definition) is 5. The highest BCUT2D eigenvalue weighted by Crippen LogP contribution is 2.09. The monoisotopic (exact) mass is 390 g/mol. The molecule has 0 fully saturated rings. The minimum Gasteiger partial charge on any atom is -0.374 e. The molecule has 0 bridgehead atoms. The van der Waals surface area contributed by atoms with Gasteiger partial charge in [0.15, 0.2) is 0 Å². The summed E-state index contributed by atoms with van der Waals surface area (Å²) in [6.45, 7) is 2.86. The molecule has 1 atom stereocenters. The van der Waals surface area contributed by atoms with Gasteiger partial charge in [0.1, 0.15) is 11.9 Å². The van der Waals surface area contributed by atoms with Crippen molar-refractivity contribution in [2.45, 2.75) is 25.4 Å². The second kappa shape index (κ2) is 11.7. The maximum absolute atomic E-state index is 12.2. The zero-order valence-electron chi connectivity index (χ0n) is 15.5. The summed E-state index contributed by atoms with van der Waals surface area (Å²) in [7, 11) is -3.69. The largest absolute Gasteiger partial charge is 0.374 e. The highest BCUT2D eigenvalue weighted by atomic mass is 32.2. The number of ether oxygens (including phenoxy) is 2. The van der Waals surface area contributed by atoms with Crippen LogP contribution in [-0.2, 0) is 36.1 Å². The van der Waals surface area contributed by atoms with E-state index in [1.165, 1.54) is 0 Å². The quantitative estimate of drug-likeness (QED) is 0.408. The lowest BCUT2D eigenvalue weighted by molar-refractivity contribution is -0.0311. The van der Waals surface area contributed by atoms with Gasteiger partial charge < -0.3 is 9.47 Å². The molecule has 0 aliphatic heterocycles. The number of hydrogen-bond donors (Lipinski definition) is 0. The van der Waals surface area contributed by atoms with Gasteiger partial charge in [-0.1, -0.05) is 72.8 Å². The molecule has 0 saturated heterocycles. The van der Waals surface area contributed by atoms with Crippen molar-refractivity contribution in [1.29, 1.82) is 0 Å². The molecule has 0 aromatic heterocycles.